The van der Waals surface area contributed by atoms with E-state index in [0.29, 0.717) is 13.2 Å². The number of nitrogens with one attached hydrogen (secondary N) is 1. The average Bonchev–Trinajstić information content (AvgIpc) is 2.50. The second-order valence-electron chi connectivity index (χ2n) is 3.33. The number of hydrogen-bond acceptors (Lipinski definition) is 3. The van der Waals surface area contributed by atoms with Crippen LogP contribution in [0, 0.1) is 13.8 Å². The van der Waals surface area contributed by atoms with E-state index < -0.39 is 0 Å². The maximum Gasteiger partial charge on any atom is 0.264 e. The van der Waals surface area contributed by atoms with Gasteiger partial charge in [-0.05, 0) is 26.0 Å². The maximum absolute atomic E-state index is 11.4. The van der Waals surface area contributed by atoms with Crippen LogP contribution in [0.5, 0.6) is 0 Å². The number of aryl methyl sites for hydroxylation is 2. The van der Waals surface area contributed by atoms with Gasteiger partial charge in [-0.1, -0.05) is 0 Å². The number of carbonyl (C=O) groups excluding carboxylic acids is 1. The molecule has 0 aliphatic heterocycles. The zero-order chi connectivity index (χ0) is 11.3. The topological polar surface area (TPSA) is 69.3 Å². The third-order valence-electron chi connectivity index (χ3n) is 2.00. The molecule has 0 atom stereocenters. The molecule has 1 aromatic heterocycles. The molecule has 5 heteroatoms. The molecule has 0 unspecified atom stereocenters. The van der Waals surface area contributed by atoms with Gasteiger partial charge in [0, 0.05) is 17.9 Å². The van der Waals surface area contributed by atoms with Gasteiger partial charge in [-0.25, -0.2) is 0 Å². The lowest BCUT2D eigenvalue weighted by atomic mass is 10.5. The van der Waals surface area contributed by atoms with Gasteiger partial charge in [0.2, 0.25) is 0 Å². The number of carbonyl (C=O) groups is 1. The summed E-state index contributed by atoms with van der Waals surface area (Å²) in [6, 6.07) is 3.88. The number of ether oxygens (including phenoxy) is 1. The van der Waals surface area contributed by atoms with Crippen LogP contribution in [0.3, 0.4) is 0 Å². The van der Waals surface area contributed by atoms with E-state index >= 15 is 0 Å². The molecular formula is C10H17N3O2. The summed E-state index contributed by atoms with van der Waals surface area (Å²) >= 11 is 0. The predicted octanol–water partition coefficient (Wildman–Crippen LogP) is 0.150. The molecule has 1 rings (SSSR count). The summed E-state index contributed by atoms with van der Waals surface area (Å²) < 4.78 is 6.75. The minimum absolute atomic E-state index is 0.0360. The highest BCUT2D eigenvalue weighted by molar-refractivity contribution is 5.85. The quantitative estimate of drug-likeness (QED) is 0.681. The van der Waals surface area contributed by atoms with Gasteiger partial charge < -0.3 is 10.5 Å². The molecule has 3 N–H and O–H groups in total. The molecule has 0 spiro atoms. The molecule has 0 aromatic carbocycles. The molecule has 15 heavy (non-hydrogen) atoms. The van der Waals surface area contributed by atoms with E-state index in [0.717, 1.165) is 11.4 Å². The minimum atomic E-state index is -0.175. The van der Waals surface area contributed by atoms with Crippen LogP contribution in [0.1, 0.15) is 11.4 Å². The highest BCUT2D eigenvalue weighted by Gasteiger charge is 2.05. The Bertz CT molecular complexity index is 314. The van der Waals surface area contributed by atoms with Gasteiger partial charge in [-0.3, -0.25) is 14.9 Å². The van der Waals surface area contributed by atoms with Crippen LogP contribution in [-0.4, -0.2) is 30.3 Å². The normalized spacial score (nSPS) is 10.3. The highest BCUT2D eigenvalue weighted by Crippen LogP contribution is 2.03. The minimum Gasteiger partial charge on any atom is -0.370 e. The Labute approximate surface area is 89.2 Å². The van der Waals surface area contributed by atoms with Crippen LogP contribution < -0.4 is 11.2 Å². The second-order valence-corrected chi connectivity index (χ2v) is 3.33. The maximum atomic E-state index is 11.4. The number of aromatic nitrogens is 1. The van der Waals surface area contributed by atoms with Crippen molar-refractivity contribution in [3.05, 3.63) is 23.5 Å². The van der Waals surface area contributed by atoms with Gasteiger partial charge in [-0.15, -0.1) is 0 Å². The largest absolute Gasteiger partial charge is 0.370 e. The lowest BCUT2D eigenvalue weighted by Gasteiger charge is -2.11. The summed E-state index contributed by atoms with van der Waals surface area (Å²) in [4.78, 5) is 11.4. The van der Waals surface area contributed by atoms with Crippen molar-refractivity contribution in [2.75, 3.05) is 25.2 Å². The van der Waals surface area contributed by atoms with Gasteiger partial charge in [0.25, 0.3) is 5.91 Å². The van der Waals surface area contributed by atoms with Crippen LogP contribution in [0.2, 0.25) is 0 Å². The first kappa shape index (κ1) is 11.7. The smallest absolute Gasteiger partial charge is 0.264 e. The Hall–Kier alpha value is -1.33. The SMILES string of the molecule is Cc1ccc(C)n1NC(=O)COCCN. The standard InChI is InChI=1S/C10H17N3O2/c1-8-3-4-9(2)13(8)12-10(14)7-15-6-5-11/h3-4H,5-7,11H2,1-2H3,(H,12,14). The van der Waals surface area contributed by atoms with Crippen molar-refractivity contribution in [2.45, 2.75) is 13.8 Å². The van der Waals surface area contributed by atoms with Gasteiger partial charge in [0.05, 0.1) is 6.61 Å². The third-order valence-corrected chi connectivity index (χ3v) is 2.00. The van der Waals surface area contributed by atoms with Gasteiger partial charge in [-0.2, -0.15) is 0 Å². The summed E-state index contributed by atoms with van der Waals surface area (Å²) in [7, 11) is 0. The van der Waals surface area contributed by atoms with Gasteiger partial charge >= 0.3 is 0 Å². The highest BCUT2D eigenvalue weighted by atomic mass is 16.5. The molecule has 5 nitrogen and oxygen atoms in total. The van der Waals surface area contributed by atoms with Crippen molar-refractivity contribution in [3.63, 3.8) is 0 Å². The molecule has 1 heterocycles. The lowest BCUT2D eigenvalue weighted by Crippen LogP contribution is -2.28. The van der Waals surface area contributed by atoms with E-state index in [-0.39, 0.29) is 12.5 Å². The Morgan fingerprint density at radius 2 is 2.07 bits per heavy atom. The summed E-state index contributed by atoms with van der Waals surface area (Å²) in [5, 5.41) is 0. The van der Waals surface area contributed by atoms with Crippen LogP contribution in [0.15, 0.2) is 12.1 Å². The number of nitrogens with zero attached hydrogens (tertiary/aromatic N) is 1. The predicted molar refractivity (Wildman–Crippen MR) is 58.1 cm³/mol. The monoisotopic (exact) mass is 211 g/mol. The Balaban J connectivity index is 2.44. The van der Waals surface area contributed by atoms with Crippen LogP contribution >= 0.6 is 0 Å². The Morgan fingerprint density at radius 1 is 1.47 bits per heavy atom. The van der Waals surface area contributed by atoms with Crippen molar-refractivity contribution in [1.82, 2.24) is 4.68 Å². The lowest BCUT2D eigenvalue weighted by molar-refractivity contribution is -0.121. The van der Waals surface area contributed by atoms with Crippen molar-refractivity contribution in [2.24, 2.45) is 5.73 Å². The third kappa shape index (κ3) is 3.38. The van der Waals surface area contributed by atoms with Crippen LogP contribution in [0.4, 0.5) is 0 Å². The molecular weight excluding hydrogens is 194 g/mol. The van der Waals surface area contributed by atoms with Crippen molar-refractivity contribution >= 4 is 5.91 Å². The van der Waals surface area contributed by atoms with Crippen molar-refractivity contribution in [3.8, 4) is 0 Å². The number of amides is 1. The first-order valence-corrected chi connectivity index (χ1v) is 4.87. The van der Waals surface area contributed by atoms with Gasteiger partial charge in [0.15, 0.2) is 0 Å². The fraction of sp³-hybridized carbons (Fsp3) is 0.500. The van der Waals surface area contributed by atoms with Crippen molar-refractivity contribution < 1.29 is 9.53 Å². The molecule has 0 saturated heterocycles. The van der Waals surface area contributed by atoms with E-state index in [2.05, 4.69) is 5.43 Å². The van der Waals surface area contributed by atoms with Gasteiger partial charge in [0.1, 0.15) is 6.61 Å². The molecule has 0 aliphatic rings. The average molecular weight is 211 g/mol. The fourth-order valence-corrected chi connectivity index (χ4v) is 1.25. The molecule has 0 saturated carbocycles. The number of rotatable bonds is 5. The Morgan fingerprint density at radius 3 is 2.60 bits per heavy atom. The molecule has 0 fully saturated rings. The number of hydrogen-bond donors (Lipinski definition) is 2. The number of nitrogens with two attached hydrogens (primary N) is 1. The van der Waals surface area contributed by atoms with E-state index in [9.17, 15) is 4.79 Å². The molecule has 84 valence electrons. The van der Waals surface area contributed by atoms with Crippen LogP contribution in [-0.2, 0) is 9.53 Å². The van der Waals surface area contributed by atoms with Crippen molar-refractivity contribution in [1.29, 1.82) is 0 Å². The van der Waals surface area contributed by atoms with E-state index in [1.54, 1.807) is 4.68 Å². The molecule has 1 aromatic rings. The van der Waals surface area contributed by atoms with E-state index in [4.69, 9.17) is 10.5 Å². The second kappa shape index (κ2) is 5.53. The molecule has 0 aliphatic carbocycles. The van der Waals surface area contributed by atoms with Crippen LogP contribution in [0.25, 0.3) is 0 Å². The summed E-state index contributed by atoms with van der Waals surface area (Å²) in [5.74, 6) is -0.175. The molecule has 1 amide bonds. The fourth-order valence-electron chi connectivity index (χ4n) is 1.25. The first-order valence-electron chi connectivity index (χ1n) is 4.87. The first-order chi connectivity index (χ1) is 7.15. The van der Waals surface area contributed by atoms with E-state index in [1.165, 1.54) is 0 Å². The summed E-state index contributed by atoms with van der Waals surface area (Å²) in [6.07, 6.45) is 0. The summed E-state index contributed by atoms with van der Waals surface area (Å²) in [6.45, 7) is 4.71. The molecule has 0 radical (unpaired) electrons. The Kier molecular flexibility index (Phi) is 4.33. The van der Waals surface area contributed by atoms with E-state index in [1.807, 2.05) is 26.0 Å². The molecule has 0 bridgehead atoms. The summed E-state index contributed by atoms with van der Waals surface area (Å²) in [5.41, 5.74) is 9.94. The zero-order valence-corrected chi connectivity index (χ0v) is 9.12. The zero-order valence-electron chi connectivity index (χ0n) is 9.12.